The molecule has 1 aliphatic rings. The molecular formula is C19H24ClN4O2Os. The van der Waals surface area contributed by atoms with Crippen molar-refractivity contribution in [1.29, 1.82) is 5.26 Å². The smallest absolute Gasteiger partial charge is 0.553 e. The quantitative estimate of drug-likeness (QED) is 0.225. The first-order chi connectivity index (χ1) is 12.5. The first-order valence-electron chi connectivity index (χ1n) is 8.31. The van der Waals surface area contributed by atoms with E-state index < -0.39 is 0 Å². The number of nitriles is 1. The van der Waals surface area contributed by atoms with E-state index in [1.807, 2.05) is 6.07 Å². The van der Waals surface area contributed by atoms with Crippen LogP contribution in [0.3, 0.4) is 0 Å². The van der Waals surface area contributed by atoms with Crippen LogP contribution < -0.4 is 21.5 Å². The minimum absolute atomic E-state index is 0. The van der Waals surface area contributed by atoms with E-state index in [1.54, 1.807) is 18.2 Å². The summed E-state index contributed by atoms with van der Waals surface area (Å²) in [6.07, 6.45) is 8.48. The maximum Gasteiger partial charge on any atom is 1.00 e. The molecule has 6 nitrogen and oxygen atoms in total. The second-order valence-electron chi connectivity index (χ2n) is 5.72. The van der Waals surface area contributed by atoms with E-state index in [9.17, 15) is 4.79 Å². The van der Waals surface area contributed by atoms with Crippen LogP contribution in [-0.4, -0.2) is 19.1 Å². The molecule has 5 N–H and O–H groups in total. The van der Waals surface area contributed by atoms with E-state index >= 15 is 0 Å². The number of nitrogens with zero attached hydrogens (tertiary/aromatic N) is 1. The Kier molecular flexibility index (Phi) is 13.0. The Morgan fingerprint density at radius 1 is 1.37 bits per heavy atom. The Labute approximate surface area is 178 Å². The van der Waals surface area contributed by atoms with Crippen molar-refractivity contribution >= 4 is 17.5 Å². The van der Waals surface area contributed by atoms with Gasteiger partial charge in [0, 0.05) is 11.8 Å². The minimum Gasteiger partial charge on any atom is -0.553 e. The number of hydrogen-bond donors (Lipinski definition) is 3. The molecule has 0 bridgehead atoms. The van der Waals surface area contributed by atoms with Gasteiger partial charge >= 0.3 is 19.8 Å². The number of nitrogens with two attached hydrogens (primary N) is 2. The number of nitrogens with one attached hydrogen (secondary N) is 1. The van der Waals surface area contributed by atoms with Gasteiger partial charge in [-0.05, 0) is 30.6 Å². The summed E-state index contributed by atoms with van der Waals surface area (Å²) < 4.78 is 4.88. The summed E-state index contributed by atoms with van der Waals surface area (Å²) >= 11 is 5.43. The molecule has 0 aliphatic heterocycles. The molecule has 1 aliphatic carbocycles. The van der Waals surface area contributed by atoms with Crippen LogP contribution in [0.15, 0.2) is 41.2 Å². The Hall–Kier alpha value is -2.01. The van der Waals surface area contributed by atoms with E-state index in [0.29, 0.717) is 11.3 Å². The summed E-state index contributed by atoms with van der Waals surface area (Å²) in [5.74, 6) is 0.325. The van der Waals surface area contributed by atoms with Crippen molar-refractivity contribution in [1.82, 2.24) is 5.32 Å². The molecule has 0 aromatic heterocycles. The molecule has 0 spiro atoms. The molecule has 0 atom stereocenters. The molecule has 1 aromatic rings. The summed E-state index contributed by atoms with van der Waals surface area (Å²) in [5, 5.41) is 11.5. The number of carbonyl (C=O) groups is 1. The van der Waals surface area contributed by atoms with E-state index in [4.69, 9.17) is 33.1 Å². The number of rotatable bonds is 4. The van der Waals surface area contributed by atoms with Crippen LogP contribution in [0.5, 0.6) is 5.75 Å². The van der Waals surface area contributed by atoms with Crippen LogP contribution in [0.4, 0.5) is 0 Å². The predicted molar refractivity (Wildman–Crippen MR) is 102 cm³/mol. The second kappa shape index (κ2) is 14.1. The maximum absolute atomic E-state index is 11.6. The van der Waals surface area contributed by atoms with Gasteiger partial charge in [0.2, 0.25) is 0 Å². The van der Waals surface area contributed by atoms with Crippen LogP contribution in [0.25, 0.3) is 0 Å². The molecule has 1 amide bonds. The van der Waals surface area contributed by atoms with Gasteiger partial charge in [-0.25, -0.2) is 0 Å². The van der Waals surface area contributed by atoms with Gasteiger partial charge < -0.3 is 21.5 Å². The van der Waals surface area contributed by atoms with Crippen molar-refractivity contribution in [2.24, 2.45) is 11.5 Å². The molecule has 8 heteroatoms. The fraction of sp³-hybridized carbons (Fsp3) is 0.368. The first kappa shape index (κ1) is 25.0. The average Bonchev–Trinajstić information content (AvgIpc) is 2.67. The molecule has 27 heavy (non-hydrogen) atoms. The van der Waals surface area contributed by atoms with Crippen LogP contribution in [-0.2, 0) is 24.6 Å². The number of amides is 1. The van der Waals surface area contributed by atoms with E-state index in [0.717, 1.165) is 12.8 Å². The zero-order valence-electron chi connectivity index (χ0n) is 15.1. The third-order valence-electron chi connectivity index (χ3n) is 3.79. The molecular weight excluding hydrogens is 542 g/mol. The van der Waals surface area contributed by atoms with Crippen molar-refractivity contribution in [2.45, 2.75) is 38.1 Å². The van der Waals surface area contributed by atoms with Crippen LogP contribution >= 0.6 is 11.6 Å². The van der Waals surface area contributed by atoms with Gasteiger partial charge in [0.25, 0.3) is 5.91 Å². The monoisotopic (exact) mass is 567 g/mol. The van der Waals surface area contributed by atoms with Gasteiger partial charge in [0.15, 0.2) is 0 Å². The normalized spacial score (nSPS) is 14.7. The molecule has 2 rings (SSSR count). The average molecular weight is 566 g/mol. The van der Waals surface area contributed by atoms with Crippen molar-refractivity contribution in [3.8, 4) is 11.8 Å². The minimum atomic E-state index is -0.249. The number of halogens is 1. The predicted octanol–water partition coefficient (Wildman–Crippen LogP) is 2.68. The number of allylic oxidation sites excluding steroid dienone is 2. The van der Waals surface area contributed by atoms with E-state index in [-0.39, 0.29) is 42.6 Å². The topological polar surface area (TPSA) is 114 Å². The Morgan fingerprint density at radius 2 is 2.04 bits per heavy atom. The standard InChI is InChI=1S/C11H18ClN3O.C8H6NO.Os/c12-10(14)7-6-9(13)11(16)15-8-4-2-1-3-5-8;1-10-8-5-3-2-4-7(8)6-9;/h6-8H,1-5,13-14H2,(H,15,16);2,4-5H,1H3;/q;-1;+1/b9-6-,10-7-;;. The summed E-state index contributed by atoms with van der Waals surface area (Å²) in [6.45, 7) is 0. The van der Waals surface area contributed by atoms with Crippen molar-refractivity contribution in [3.63, 3.8) is 0 Å². The van der Waals surface area contributed by atoms with Gasteiger partial charge in [0.05, 0.1) is 24.0 Å². The van der Waals surface area contributed by atoms with E-state index in [2.05, 4.69) is 11.4 Å². The fourth-order valence-corrected chi connectivity index (χ4v) is 2.50. The van der Waals surface area contributed by atoms with E-state index in [1.165, 1.54) is 38.5 Å². The number of hydrogen-bond acceptors (Lipinski definition) is 5. The van der Waals surface area contributed by atoms with Crippen LogP contribution in [0.2, 0.25) is 0 Å². The number of methoxy groups -OCH3 is 1. The summed E-state index contributed by atoms with van der Waals surface area (Å²) in [6, 6.07) is 10.1. The summed E-state index contributed by atoms with van der Waals surface area (Å²) in [7, 11) is 1.53. The number of ether oxygens (including phenoxy) is 1. The Balaban J connectivity index is 0.000000531. The zero-order valence-corrected chi connectivity index (χ0v) is 18.4. The molecule has 0 unspecified atom stereocenters. The van der Waals surface area contributed by atoms with Gasteiger partial charge in [0.1, 0.15) is 0 Å². The number of benzene rings is 1. The van der Waals surface area contributed by atoms with Crippen molar-refractivity contribution < 1.29 is 29.3 Å². The zero-order chi connectivity index (χ0) is 19.4. The van der Waals surface area contributed by atoms with Crippen molar-refractivity contribution in [2.75, 3.05) is 7.11 Å². The Morgan fingerprint density at radius 3 is 2.56 bits per heavy atom. The third kappa shape index (κ3) is 10.0. The largest absolute Gasteiger partial charge is 1.00 e. The molecule has 1 radical (unpaired) electrons. The molecule has 147 valence electrons. The number of carbonyl (C=O) groups excluding carboxylic acids is 1. The van der Waals surface area contributed by atoms with Gasteiger partial charge in [-0.15, -0.1) is 12.1 Å². The second-order valence-corrected chi connectivity index (χ2v) is 6.16. The molecule has 1 aromatic carbocycles. The maximum atomic E-state index is 11.6. The van der Waals surface area contributed by atoms with Gasteiger partial charge in [-0.3, -0.25) is 4.79 Å². The summed E-state index contributed by atoms with van der Waals surface area (Å²) in [5.41, 5.74) is 11.5. The third-order valence-corrected chi connectivity index (χ3v) is 3.92. The van der Waals surface area contributed by atoms with Crippen LogP contribution in [0, 0.1) is 17.4 Å². The molecule has 1 fully saturated rings. The molecule has 1 saturated carbocycles. The van der Waals surface area contributed by atoms with Gasteiger partial charge in [-0.1, -0.05) is 30.9 Å². The molecule has 0 saturated heterocycles. The van der Waals surface area contributed by atoms with Gasteiger partial charge in [-0.2, -0.15) is 17.4 Å². The fourth-order valence-electron chi connectivity index (χ4n) is 2.44. The first-order valence-corrected chi connectivity index (χ1v) is 8.69. The summed E-state index contributed by atoms with van der Waals surface area (Å²) in [4.78, 5) is 11.6. The SMILES string of the molecule is COc1c[c-]ccc1C#N.N/C(=C\C=C(/N)Cl)C(=O)NC1CCCCC1.[Os+]. The Bertz CT molecular complexity index is 691. The van der Waals surface area contributed by atoms with Crippen LogP contribution in [0.1, 0.15) is 37.7 Å². The van der Waals surface area contributed by atoms with Crippen molar-refractivity contribution in [3.05, 3.63) is 52.8 Å². The molecule has 0 heterocycles.